The van der Waals surface area contributed by atoms with Crippen molar-refractivity contribution in [1.82, 2.24) is 5.48 Å². The summed E-state index contributed by atoms with van der Waals surface area (Å²) in [5.74, 6) is -0.482. The monoisotopic (exact) mass is 233 g/mol. The molecule has 0 unspecified atom stereocenters. The second-order valence-electron chi connectivity index (χ2n) is 2.58. The molecule has 0 aliphatic carbocycles. The van der Waals surface area contributed by atoms with Crippen molar-refractivity contribution in [2.24, 2.45) is 0 Å². The minimum absolute atomic E-state index is 0.116. The normalized spacial score (nSPS) is 9.86. The molecule has 0 radical (unpaired) electrons. The van der Waals surface area contributed by atoms with Gasteiger partial charge in [0.15, 0.2) is 0 Å². The molecule has 0 saturated carbocycles. The van der Waals surface area contributed by atoms with Crippen molar-refractivity contribution in [3.63, 3.8) is 0 Å². The van der Waals surface area contributed by atoms with Crippen molar-refractivity contribution in [3.05, 3.63) is 34.9 Å². The summed E-state index contributed by atoms with van der Waals surface area (Å²) in [6, 6.07) is 7.18. The number of amides is 1. The first-order chi connectivity index (χ1) is 6.72. The fourth-order valence-corrected chi connectivity index (χ4v) is 1.12. The molecule has 0 saturated heterocycles. The van der Waals surface area contributed by atoms with E-state index in [1.54, 1.807) is 12.1 Å². The van der Waals surface area contributed by atoms with Gasteiger partial charge in [0.05, 0.1) is 6.61 Å². The summed E-state index contributed by atoms with van der Waals surface area (Å²) in [5.41, 5.74) is 3.07. The van der Waals surface area contributed by atoms with Gasteiger partial charge in [-0.15, -0.1) is 11.6 Å². The van der Waals surface area contributed by atoms with Gasteiger partial charge in [-0.25, -0.2) is 5.48 Å². The van der Waals surface area contributed by atoms with E-state index in [4.69, 9.17) is 28.0 Å². The lowest BCUT2D eigenvalue weighted by atomic mass is 10.2. The Morgan fingerprint density at radius 1 is 1.50 bits per heavy atom. The highest BCUT2D eigenvalue weighted by Crippen LogP contribution is 2.10. The summed E-state index contributed by atoms with van der Waals surface area (Å²) >= 11 is 11.0. The number of alkyl halides is 1. The van der Waals surface area contributed by atoms with Crippen LogP contribution >= 0.6 is 23.2 Å². The van der Waals surface area contributed by atoms with Crippen molar-refractivity contribution < 1.29 is 9.63 Å². The lowest BCUT2D eigenvalue weighted by Gasteiger charge is -2.04. The van der Waals surface area contributed by atoms with E-state index in [0.29, 0.717) is 5.02 Å². The van der Waals surface area contributed by atoms with Gasteiger partial charge in [0.2, 0.25) is 0 Å². The average Bonchev–Trinajstić information content (AvgIpc) is 2.17. The smallest absolute Gasteiger partial charge is 0.258 e. The predicted molar refractivity (Wildman–Crippen MR) is 55.1 cm³/mol. The van der Waals surface area contributed by atoms with Crippen molar-refractivity contribution in [1.29, 1.82) is 0 Å². The molecule has 14 heavy (non-hydrogen) atoms. The number of nitrogens with one attached hydrogen (secondary N) is 1. The van der Waals surface area contributed by atoms with E-state index < -0.39 is 0 Å². The highest BCUT2D eigenvalue weighted by Gasteiger charge is 1.98. The van der Waals surface area contributed by atoms with Crippen molar-refractivity contribution >= 4 is 29.1 Å². The largest absolute Gasteiger partial charge is 0.271 e. The molecule has 0 aromatic heterocycles. The minimum Gasteiger partial charge on any atom is -0.271 e. The third kappa shape index (κ3) is 3.96. The number of halogens is 2. The maximum absolute atomic E-state index is 10.7. The lowest BCUT2D eigenvalue weighted by Crippen LogP contribution is -2.24. The topological polar surface area (TPSA) is 38.3 Å². The molecule has 0 aliphatic heterocycles. The molecule has 1 aromatic rings. The van der Waals surface area contributed by atoms with E-state index in [1.165, 1.54) is 0 Å². The van der Waals surface area contributed by atoms with E-state index in [9.17, 15) is 4.79 Å². The zero-order chi connectivity index (χ0) is 10.4. The molecule has 0 aliphatic rings. The molecule has 1 amide bonds. The molecular formula is C9H9Cl2NO2. The molecule has 76 valence electrons. The Morgan fingerprint density at radius 3 is 2.93 bits per heavy atom. The molecule has 1 aromatic carbocycles. The molecule has 0 bridgehead atoms. The molecule has 0 spiro atoms. The lowest BCUT2D eigenvalue weighted by molar-refractivity contribution is -0.131. The number of hydroxylamine groups is 1. The molecule has 0 heterocycles. The van der Waals surface area contributed by atoms with Crippen molar-refractivity contribution in [2.45, 2.75) is 6.61 Å². The van der Waals surface area contributed by atoms with Crippen molar-refractivity contribution in [2.75, 3.05) is 5.88 Å². The van der Waals surface area contributed by atoms with Crippen LogP contribution in [0, 0.1) is 0 Å². The maximum Gasteiger partial charge on any atom is 0.258 e. The van der Waals surface area contributed by atoms with E-state index in [1.807, 2.05) is 12.1 Å². The number of benzene rings is 1. The van der Waals surface area contributed by atoms with Gasteiger partial charge in [0.25, 0.3) is 5.91 Å². The van der Waals surface area contributed by atoms with Crippen molar-refractivity contribution in [3.8, 4) is 0 Å². The Balaban J connectivity index is 2.35. The summed E-state index contributed by atoms with van der Waals surface area (Å²) in [4.78, 5) is 15.6. The molecule has 1 rings (SSSR count). The van der Waals surface area contributed by atoms with Gasteiger partial charge in [0, 0.05) is 5.02 Å². The minimum atomic E-state index is -0.367. The van der Waals surface area contributed by atoms with Crippen LogP contribution in [0.2, 0.25) is 5.02 Å². The van der Waals surface area contributed by atoms with Gasteiger partial charge in [-0.3, -0.25) is 9.63 Å². The SMILES string of the molecule is O=C(CCl)NOCc1cccc(Cl)c1. The van der Waals surface area contributed by atoms with E-state index in [2.05, 4.69) is 5.48 Å². The van der Waals surface area contributed by atoms with Gasteiger partial charge in [0.1, 0.15) is 5.88 Å². The van der Waals surface area contributed by atoms with Gasteiger partial charge >= 0.3 is 0 Å². The predicted octanol–water partition coefficient (Wildman–Crippen LogP) is 2.13. The third-order valence-electron chi connectivity index (χ3n) is 1.44. The highest BCUT2D eigenvalue weighted by molar-refractivity contribution is 6.30. The van der Waals surface area contributed by atoms with Crippen LogP contribution in [0.25, 0.3) is 0 Å². The van der Waals surface area contributed by atoms with E-state index in [-0.39, 0.29) is 18.4 Å². The van der Waals surface area contributed by atoms with Gasteiger partial charge in [-0.1, -0.05) is 23.7 Å². The Bertz CT molecular complexity index is 317. The fourth-order valence-electron chi connectivity index (χ4n) is 0.854. The van der Waals surface area contributed by atoms with Crippen LogP contribution in [-0.2, 0) is 16.2 Å². The van der Waals surface area contributed by atoms with Crippen LogP contribution in [0.15, 0.2) is 24.3 Å². The van der Waals surface area contributed by atoms with Crippen LogP contribution in [0.4, 0.5) is 0 Å². The van der Waals surface area contributed by atoms with E-state index >= 15 is 0 Å². The molecule has 3 nitrogen and oxygen atoms in total. The average molecular weight is 234 g/mol. The zero-order valence-corrected chi connectivity index (χ0v) is 8.81. The molecule has 1 N–H and O–H groups in total. The Morgan fingerprint density at radius 2 is 2.29 bits per heavy atom. The summed E-state index contributed by atoms with van der Waals surface area (Å²) in [5, 5.41) is 0.634. The van der Waals surface area contributed by atoms with Crippen LogP contribution in [0.3, 0.4) is 0 Å². The first-order valence-electron chi connectivity index (χ1n) is 3.93. The summed E-state index contributed by atoms with van der Waals surface area (Å²) < 4.78 is 0. The van der Waals surface area contributed by atoms with Gasteiger partial charge in [-0.2, -0.15) is 0 Å². The van der Waals surface area contributed by atoms with E-state index in [0.717, 1.165) is 5.56 Å². The second kappa shape index (κ2) is 5.86. The molecular weight excluding hydrogens is 225 g/mol. The first kappa shape index (κ1) is 11.3. The van der Waals surface area contributed by atoms with Crippen LogP contribution in [0.1, 0.15) is 5.56 Å². The third-order valence-corrected chi connectivity index (χ3v) is 1.91. The summed E-state index contributed by atoms with van der Waals surface area (Å²) in [6.45, 7) is 0.267. The zero-order valence-electron chi connectivity index (χ0n) is 7.30. The number of rotatable bonds is 4. The Hall–Kier alpha value is -0.770. The maximum atomic E-state index is 10.7. The number of carbonyl (C=O) groups excluding carboxylic acids is 1. The standard InChI is InChI=1S/C9H9Cl2NO2/c10-5-9(13)12-14-6-7-2-1-3-8(11)4-7/h1-4H,5-6H2,(H,12,13). The van der Waals surface area contributed by atoms with Gasteiger partial charge in [-0.05, 0) is 17.7 Å². The fraction of sp³-hybridized carbons (Fsp3) is 0.222. The van der Waals surface area contributed by atoms with Crippen LogP contribution < -0.4 is 5.48 Å². The summed E-state index contributed by atoms with van der Waals surface area (Å²) in [7, 11) is 0. The quantitative estimate of drug-likeness (QED) is 0.640. The number of hydrogen-bond acceptors (Lipinski definition) is 2. The highest BCUT2D eigenvalue weighted by atomic mass is 35.5. The number of carbonyl (C=O) groups is 1. The number of hydrogen-bond donors (Lipinski definition) is 1. The second-order valence-corrected chi connectivity index (χ2v) is 3.28. The molecule has 5 heteroatoms. The molecule has 0 fully saturated rings. The first-order valence-corrected chi connectivity index (χ1v) is 4.84. The van der Waals surface area contributed by atoms with Gasteiger partial charge < -0.3 is 0 Å². The summed E-state index contributed by atoms with van der Waals surface area (Å²) in [6.07, 6.45) is 0. The molecule has 0 atom stereocenters. The Labute approximate surface area is 91.9 Å². The van der Waals surface area contributed by atoms with Crippen LogP contribution in [-0.4, -0.2) is 11.8 Å². The Kier molecular flexibility index (Phi) is 4.73. The van der Waals surface area contributed by atoms with Crippen LogP contribution in [0.5, 0.6) is 0 Å².